The van der Waals surface area contributed by atoms with E-state index in [4.69, 9.17) is 10.3 Å². The van der Waals surface area contributed by atoms with E-state index in [0.29, 0.717) is 22.6 Å². The molecule has 0 fully saturated rings. The third-order valence-electron chi connectivity index (χ3n) is 3.86. The van der Waals surface area contributed by atoms with Crippen LogP contribution in [0.1, 0.15) is 11.3 Å². The molecule has 9 heteroatoms. The summed E-state index contributed by atoms with van der Waals surface area (Å²) in [6, 6.07) is 7.33. The first kappa shape index (κ1) is 16.3. The van der Waals surface area contributed by atoms with Crippen molar-refractivity contribution in [2.24, 2.45) is 0 Å². The van der Waals surface area contributed by atoms with Crippen molar-refractivity contribution in [3.63, 3.8) is 0 Å². The first-order valence-electron chi connectivity index (χ1n) is 7.81. The lowest BCUT2D eigenvalue weighted by atomic mass is 10.2. The van der Waals surface area contributed by atoms with E-state index < -0.39 is 0 Å². The number of nitrogen functional groups attached to an aromatic ring is 1. The quantitative estimate of drug-likeness (QED) is 0.434. The van der Waals surface area contributed by atoms with Gasteiger partial charge in [0.25, 0.3) is 0 Å². The first-order valence-corrected chi connectivity index (χ1v) is 8.63. The van der Waals surface area contributed by atoms with Crippen molar-refractivity contribution >= 4 is 11.8 Å². The zero-order valence-electron chi connectivity index (χ0n) is 14.1. The molecule has 130 valence electrons. The first-order chi connectivity index (χ1) is 12.6. The smallest absolute Gasteiger partial charge is 0.218 e. The van der Waals surface area contributed by atoms with E-state index in [9.17, 15) is 0 Å². The minimum absolute atomic E-state index is 0.452. The van der Waals surface area contributed by atoms with Crippen LogP contribution in [-0.4, -0.2) is 29.8 Å². The van der Waals surface area contributed by atoms with Crippen LogP contribution in [0.3, 0.4) is 0 Å². The van der Waals surface area contributed by atoms with Gasteiger partial charge in [-0.05, 0) is 49.9 Å². The SMILES string of the molecule is Cc1nc(-c2cccnc2)nc(Sc2nnc(-c3ccco3)n2N)c1C. The van der Waals surface area contributed by atoms with Gasteiger partial charge >= 0.3 is 0 Å². The molecule has 0 amide bonds. The highest BCUT2D eigenvalue weighted by Crippen LogP contribution is 2.31. The molecule has 0 aliphatic carbocycles. The van der Waals surface area contributed by atoms with Crippen molar-refractivity contribution in [3.8, 4) is 23.0 Å². The van der Waals surface area contributed by atoms with Crippen molar-refractivity contribution in [2.45, 2.75) is 24.0 Å². The van der Waals surface area contributed by atoms with Crippen LogP contribution < -0.4 is 5.84 Å². The highest BCUT2D eigenvalue weighted by atomic mass is 32.2. The summed E-state index contributed by atoms with van der Waals surface area (Å²) in [4.78, 5) is 13.4. The molecule has 4 aromatic rings. The fourth-order valence-corrected chi connectivity index (χ4v) is 3.21. The molecule has 4 heterocycles. The summed E-state index contributed by atoms with van der Waals surface area (Å²) < 4.78 is 6.73. The summed E-state index contributed by atoms with van der Waals surface area (Å²) in [5, 5.41) is 9.54. The Morgan fingerprint density at radius 2 is 2.00 bits per heavy atom. The molecular weight excluding hydrogens is 350 g/mol. The Kier molecular flexibility index (Phi) is 4.13. The third kappa shape index (κ3) is 2.93. The molecule has 8 nitrogen and oxygen atoms in total. The van der Waals surface area contributed by atoms with Gasteiger partial charge in [-0.2, -0.15) is 0 Å². The van der Waals surface area contributed by atoms with Crippen LogP contribution in [0.4, 0.5) is 0 Å². The summed E-state index contributed by atoms with van der Waals surface area (Å²) in [6.07, 6.45) is 5.02. The summed E-state index contributed by atoms with van der Waals surface area (Å²) in [6.45, 7) is 3.91. The van der Waals surface area contributed by atoms with Gasteiger partial charge in [0.05, 0.1) is 6.26 Å². The second kappa shape index (κ2) is 6.60. The Labute approximate surface area is 153 Å². The monoisotopic (exact) mass is 365 g/mol. The Balaban J connectivity index is 1.72. The van der Waals surface area contributed by atoms with E-state index in [0.717, 1.165) is 21.8 Å². The summed E-state index contributed by atoms with van der Waals surface area (Å²) in [7, 11) is 0. The molecule has 2 N–H and O–H groups in total. The van der Waals surface area contributed by atoms with E-state index in [2.05, 4.69) is 25.1 Å². The fourth-order valence-electron chi connectivity index (χ4n) is 2.33. The van der Waals surface area contributed by atoms with Gasteiger partial charge in [-0.3, -0.25) is 4.98 Å². The number of furan rings is 1. The summed E-state index contributed by atoms with van der Waals surface area (Å²) in [5.41, 5.74) is 2.70. The molecule has 0 atom stereocenters. The Hall–Kier alpha value is -3.20. The molecule has 0 aliphatic heterocycles. The zero-order chi connectivity index (χ0) is 18.1. The third-order valence-corrected chi connectivity index (χ3v) is 4.91. The molecule has 4 rings (SSSR count). The van der Waals surface area contributed by atoms with E-state index in [-0.39, 0.29) is 0 Å². The van der Waals surface area contributed by atoms with Gasteiger partial charge in [-0.25, -0.2) is 14.6 Å². The van der Waals surface area contributed by atoms with E-state index in [1.165, 1.54) is 16.4 Å². The van der Waals surface area contributed by atoms with Crippen molar-refractivity contribution in [1.82, 2.24) is 29.8 Å². The molecule has 4 aromatic heterocycles. The molecule has 0 saturated heterocycles. The maximum atomic E-state index is 6.14. The lowest BCUT2D eigenvalue weighted by molar-refractivity contribution is 0.574. The van der Waals surface area contributed by atoms with E-state index in [1.54, 1.807) is 30.8 Å². The van der Waals surface area contributed by atoms with Gasteiger partial charge in [0, 0.05) is 29.2 Å². The van der Waals surface area contributed by atoms with Crippen molar-refractivity contribution in [1.29, 1.82) is 0 Å². The van der Waals surface area contributed by atoms with Gasteiger partial charge in [0.1, 0.15) is 5.03 Å². The summed E-state index contributed by atoms with van der Waals surface area (Å²) >= 11 is 1.33. The van der Waals surface area contributed by atoms with Crippen LogP contribution in [0.2, 0.25) is 0 Å². The van der Waals surface area contributed by atoms with Gasteiger partial charge in [-0.1, -0.05) is 0 Å². The lowest BCUT2D eigenvalue weighted by Gasteiger charge is -2.09. The Bertz CT molecular complexity index is 1040. The van der Waals surface area contributed by atoms with Gasteiger partial charge in [0.2, 0.25) is 11.0 Å². The highest BCUT2D eigenvalue weighted by molar-refractivity contribution is 7.99. The molecule has 0 radical (unpaired) electrons. The average Bonchev–Trinajstić information content (AvgIpc) is 3.30. The van der Waals surface area contributed by atoms with Crippen molar-refractivity contribution in [2.75, 3.05) is 5.84 Å². The molecule has 26 heavy (non-hydrogen) atoms. The number of aromatic nitrogens is 6. The number of rotatable bonds is 4. The Morgan fingerprint density at radius 3 is 2.73 bits per heavy atom. The number of hydrogen-bond donors (Lipinski definition) is 1. The lowest BCUT2D eigenvalue weighted by Crippen LogP contribution is -2.11. The number of nitrogens with two attached hydrogens (primary N) is 1. The van der Waals surface area contributed by atoms with Crippen LogP contribution in [0.25, 0.3) is 23.0 Å². The normalized spacial score (nSPS) is 11.0. The van der Waals surface area contributed by atoms with Crippen LogP contribution in [0.5, 0.6) is 0 Å². The number of pyridine rings is 1. The van der Waals surface area contributed by atoms with Gasteiger partial charge in [0.15, 0.2) is 11.6 Å². The minimum atomic E-state index is 0.452. The van der Waals surface area contributed by atoms with E-state index in [1.807, 2.05) is 26.0 Å². The fraction of sp³-hybridized carbons (Fsp3) is 0.118. The zero-order valence-corrected chi connectivity index (χ0v) is 14.9. The molecule has 0 unspecified atom stereocenters. The largest absolute Gasteiger partial charge is 0.461 e. The maximum absolute atomic E-state index is 6.14. The minimum Gasteiger partial charge on any atom is -0.461 e. The van der Waals surface area contributed by atoms with Crippen LogP contribution >= 0.6 is 11.8 Å². The molecule has 0 bridgehead atoms. The predicted octanol–water partition coefficient (Wildman–Crippen LogP) is 2.87. The molecule has 0 saturated carbocycles. The van der Waals surface area contributed by atoms with Gasteiger partial charge in [-0.15, -0.1) is 10.2 Å². The summed E-state index contributed by atoms with van der Waals surface area (Å²) in [5.74, 6) is 7.75. The standard InChI is InChI=1S/C17H15N7OS/c1-10-11(2)20-14(12-5-3-7-19-9-12)21-16(10)26-17-23-22-15(24(17)18)13-6-4-8-25-13/h3-9H,18H2,1-2H3. The highest BCUT2D eigenvalue weighted by Gasteiger charge is 2.18. The average molecular weight is 365 g/mol. The topological polar surface area (TPSA) is 109 Å². The molecule has 0 aromatic carbocycles. The number of aryl methyl sites for hydroxylation is 1. The van der Waals surface area contributed by atoms with Crippen LogP contribution in [0, 0.1) is 13.8 Å². The van der Waals surface area contributed by atoms with Gasteiger partial charge < -0.3 is 10.3 Å². The van der Waals surface area contributed by atoms with Crippen molar-refractivity contribution in [3.05, 3.63) is 54.2 Å². The van der Waals surface area contributed by atoms with Crippen LogP contribution in [0.15, 0.2) is 57.5 Å². The number of nitrogens with zero attached hydrogens (tertiary/aromatic N) is 6. The van der Waals surface area contributed by atoms with E-state index >= 15 is 0 Å². The molecular formula is C17H15N7OS. The molecule has 0 aliphatic rings. The maximum Gasteiger partial charge on any atom is 0.218 e. The van der Waals surface area contributed by atoms with Crippen LogP contribution in [-0.2, 0) is 0 Å². The second-order valence-electron chi connectivity index (χ2n) is 5.56. The Morgan fingerprint density at radius 1 is 1.12 bits per heavy atom. The van der Waals surface area contributed by atoms with Crippen molar-refractivity contribution < 1.29 is 4.42 Å². The second-order valence-corrected chi connectivity index (χ2v) is 6.52. The predicted molar refractivity (Wildman–Crippen MR) is 96.7 cm³/mol. The number of hydrogen-bond acceptors (Lipinski definition) is 8. The molecule has 0 spiro atoms.